The molecule has 0 aromatic rings. The molecule has 3 nitrogen and oxygen atoms in total. The van der Waals surface area contributed by atoms with Crippen LogP contribution in [0.1, 0.15) is 39.0 Å². The first-order valence-corrected chi connectivity index (χ1v) is 6.40. The second-order valence-corrected chi connectivity index (χ2v) is 4.44. The van der Waals surface area contributed by atoms with Crippen molar-refractivity contribution < 1.29 is 4.79 Å². The third-order valence-electron chi connectivity index (χ3n) is 3.13. The van der Waals surface area contributed by atoms with E-state index < -0.39 is 0 Å². The first kappa shape index (κ1) is 13.2. The predicted molar refractivity (Wildman–Crippen MR) is 67.3 cm³/mol. The second-order valence-electron chi connectivity index (χ2n) is 4.44. The molecule has 1 rings (SSSR count). The minimum absolute atomic E-state index is 0.250. The SMILES string of the molecule is C=CCNCC(=O)N1CCCCC1CCC. The minimum Gasteiger partial charge on any atom is -0.339 e. The summed E-state index contributed by atoms with van der Waals surface area (Å²) >= 11 is 0. The topological polar surface area (TPSA) is 32.3 Å². The summed E-state index contributed by atoms with van der Waals surface area (Å²) in [6.07, 6.45) is 7.71. The van der Waals surface area contributed by atoms with Gasteiger partial charge in [-0.3, -0.25) is 4.79 Å². The largest absolute Gasteiger partial charge is 0.339 e. The molecule has 16 heavy (non-hydrogen) atoms. The lowest BCUT2D eigenvalue weighted by atomic mass is 9.98. The maximum absolute atomic E-state index is 12.0. The van der Waals surface area contributed by atoms with Crippen LogP contribution in [-0.4, -0.2) is 36.5 Å². The Kier molecular flexibility index (Phi) is 6.16. The Morgan fingerprint density at radius 3 is 3.06 bits per heavy atom. The van der Waals surface area contributed by atoms with Crippen LogP contribution in [-0.2, 0) is 4.79 Å². The summed E-state index contributed by atoms with van der Waals surface area (Å²) in [5.74, 6) is 0.250. The summed E-state index contributed by atoms with van der Waals surface area (Å²) in [7, 11) is 0. The van der Waals surface area contributed by atoms with Crippen LogP contribution in [0, 0.1) is 0 Å². The van der Waals surface area contributed by atoms with Gasteiger partial charge in [0.05, 0.1) is 6.54 Å². The average Bonchev–Trinajstić information content (AvgIpc) is 2.30. The zero-order valence-electron chi connectivity index (χ0n) is 10.4. The summed E-state index contributed by atoms with van der Waals surface area (Å²) in [4.78, 5) is 14.1. The second kappa shape index (κ2) is 7.44. The highest BCUT2D eigenvalue weighted by molar-refractivity contribution is 5.78. The first-order valence-electron chi connectivity index (χ1n) is 6.40. The van der Waals surface area contributed by atoms with Crippen molar-refractivity contribution in [1.82, 2.24) is 10.2 Å². The molecular formula is C13H24N2O. The average molecular weight is 224 g/mol. The molecule has 0 saturated carbocycles. The molecule has 1 aliphatic heterocycles. The van der Waals surface area contributed by atoms with E-state index in [1.165, 1.54) is 12.8 Å². The molecule has 1 atom stereocenters. The van der Waals surface area contributed by atoms with E-state index in [-0.39, 0.29) is 5.91 Å². The van der Waals surface area contributed by atoms with Crippen molar-refractivity contribution in [3.63, 3.8) is 0 Å². The molecule has 0 radical (unpaired) electrons. The van der Waals surface area contributed by atoms with E-state index in [9.17, 15) is 4.79 Å². The maximum atomic E-state index is 12.0. The Balaban J connectivity index is 2.40. The van der Waals surface area contributed by atoms with Crippen LogP contribution in [0.15, 0.2) is 12.7 Å². The number of amides is 1. The van der Waals surface area contributed by atoms with Crippen molar-refractivity contribution in [1.29, 1.82) is 0 Å². The Morgan fingerprint density at radius 2 is 2.38 bits per heavy atom. The molecule has 0 aromatic carbocycles. The van der Waals surface area contributed by atoms with Crippen LogP contribution in [0.25, 0.3) is 0 Å². The molecular weight excluding hydrogens is 200 g/mol. The van der Waals surface area contributed by atoms with E-state index >= 15 is 0 Å². The molecule has 1 fully saturated rings. The number of hydrogen-bond donors (Lipinski definition) is 1. The van der Waals surface area contributed by atoms with E-state index in [0.29, 0.717) is 19.1 Å². The zero-order valence-corrected chi connectivity index (χ0v) is 10.4. The fourth-order valence-corrected chi connectivity index (χ4v) is 2.34. The molecule has 1 saturated heterocycles. The van der Waals surface area contributed by atoms with Crippen LogP contribution >= 0.6 is 0 Å². The third kappa shape index (κ3) is 3.97. The molecule has 1 heterocycles. The Bertz CT molecular complexity index is 226. The standard InChI is InChI=1S/C13H24N2O/c1-3-7-12-8-5-6-10-15(12)13(16)11-14-9-4-2/h4,12,14H,2-3,5-11H2,1H3. The summed E-state index contributed by atoms with van der Waals surface area (Å²) in [5, 5.41) is 3.09. The van der Waals surface area contributed by atoms with E-state index in [1.807, 2.05) is 0 Å². The monoisotopic (exact) mass is 224 g/mol. The summed E-state index contributed by atoms with van der Waals surface area (Å²) in [5.41, 5.74) is 0. The van der Waals surface area contributed by atoms with Crippen LogP contribution in [0.3, 0.4) is 0 Å². The number of likely N-dealkylation sites (tertiary alicyclic amines) is 1. The summed E-state index contributed by atoms with van der Waals surface area (Å²) < 4.78 is 0. The summed E-state index contributed by atoms with van der Waals surface area (Å²) in [6, 6.07) is 0.483. The zero-order chi connectivity index (χ0) is 11.8. The molecule has 0 bridgehead atoms. The van der Waals surface area contributed by atoms with E-state index in [1.54, 1.807) is 6.08 Å². The van der Waals surface area contributed by atoms with Crippen molar-refractivity contribution in [2.75, 3.05) is 19.6 Å². The quantitative estimate of drug-likeness (QED) is 0.552. The van der Waals surface area contributed by atoms with Crippen LogP contribution in [0.4, 0.5) is 0 Å². The van der Waals surface area contributed by atoms with Gasteiger partial charge in [-0.2, -0.15) is 0 Å². The smallest absolute Gasteiger partial charge is 0.236 e. The van der Waals surface area contributed by atoms with Gasteiger partial charge in [0.25, 0.3) is 0 Å². The molecule has 1 aliphatic rings. The number of hydrogen-bond acceptors (Lipinski definition) is 2. The molecule has 1 amide bonds. The molecule has 1 N–H and O–H groups in total. The normalized spacial score (nSPS) is 20.8. The molecule has 92 valence electrons. The molecule has 1 unspecified atom stereocenters. The number of carbonyl (C=O) groups excluding carboxylic acids is 1. The number of carbonyl (C=O) groups is 1. The molecule has 0 aliphatic carbocycles. The number of rotatable bonds is 6. The number of nitrogens with one attached hydrogen (secondary N) is 1. The van der Waals surface area contributed by atoms with Gasteiger partial charge in [-0.25, -0.2) is 0 Å². The van der Waals surface area contributed by atoms with Gasteiger partial charge in [-0.05, 0) is 25.7 Å². The maximum Gasteiger partial charge on any atom is 0.236 e. The Morgan fingerprint density at radius 1 is 1.56 bits per heavy atom. The first-order chi connectivity index (χ1) is 7.79. The lowest BCUT2D eigenvalue weighted by Gasteiger charge is -2.36. The van der Waals surface area contributed by atoms with Gasteiger partial charge in [0.15, 0.2) is 0 Å². The van der Waals surface area contributed by atoms with E-state index in [2.05, 4.69) is 23.7 Å². The van der Waals surface area contributed by atoms with Gasteiger partial charge in [0.1, 0.15) is 0 Å². The number of piperidine rings is 1. The number of nitrogens with zero attached hydrogens (tertiary/aromatic N) is 1. The van der Waals surface area contributed by atoms with Crippen molar-refractivity contribution in [3.05, 3.63) is 12.7 Å². The highest BCUT2D eigenvalue weighted by Crippen LogP contribution is 2.20. The van der Waals surface area contributed by atoms with E-state index in [0.717, 1.165) is 25.8 Å². The Labute approximate surface area is 98.9 Å². The van der Waals surface area contributed by atoms with Crippen molar-refractivity contribution >= 4 is 5.91 Å². The van der Waals surface area contributed by atoms with Gasteiger partial charge < -0.3 is 10.2 Å². The fraction of sp³-hybridized carbons (Fsp3) is 0.769. The highest BCUT2D eigenvalue weighted by Gasteiger charge is 2.25. The fourth-order valence-electron chi connectivity index (χ4n) is 2.34. The van der Waals surface area contributed by atoms with Gasteiger partial charge >= 0.3 is 0 Å². The van der Waals surface area contributed by atoms with Gasteiger partial charge in [-0.15, -0.1) is 6.58 Å². The lowest BCUT2D eigenvalue weighted by Crippen LogP contribution is -2.47. The van der Waals surface area contributed by atoms with E-state index in [4.69, 9.17) is 0 Å². The van der Waals surface area contributed by atoms with Crippen LogP contribution < -0.4 is 5.32 Å². The molecule has 0 aromatic heterocycles. The Hall–Kier alpha value is -0.830. The molecule has 0 spiro atoms. The van der Waals surface area contributed by atoms with Crippen LogP contribution in [0.2, 0.25) is 0 Å². The van der Waals surface area contributed by atoms with Gasteiger partial charge in [-0.1, -0.05) is 19.4 Å². The highest BCUT2D eigenvalue weighted by atomic mass is 16.2. The van der Waals surface area contributed by atoms with Crippen LogP contribution in [0.5, 0.6) is 0 Å². The van der Waals surface area contributed by atoms with Gasteiger partial charge in [0, 0.05) is 19.1 Å². The minimum atomic E-state index is 0.250. The summed E-state index contributed by atoms with van der Waals surface area (Å²) in [6.45, 7) is 7.92. The third-order valence-corrected chi connectivity index (χ3v) is 3.13. The predicted octanol–water partition coefficient (Wildman–Crippen LogP) is 1.94. The van der Waals surface area contributed by atoms with Crippen molar-refractivity contribution in [2.24, 2.45) is 0 Å². The van der Waals surface area contributed by atoms with Crippen molar-refractivity contribution in [2.45, 2.75) is 45.1 Å². The van der Waals surface area contributed by atoms with Crippen molar-refractivity contribution in [3.8, 4) is 0 Å². The molecule has 3 heteroatoms. The van der Waals surface area contributed by atoms with Gasteiger partial charge in [0.2, 0.25) is 5.91 Å². The lowest BCUT2D eigenvalue weighted by molar-refractivity contribution is -0.134.